The summed E-state index contributed by atoms with van der Waals surface area (Å²) in [5.41, 5.74) is -1.73. The highest BCUT2D eigenvalue weighted by Gasteiger charge is 2.31. The molecular formula is C19H10F5N3O2. The minimum atomic E-state index is -4.71. The van der Waals surface area contributed by atoms with Gasteiger partial charge >= 0.3 is 6.18 Å². The Balaban J connectivity index is 1.71. The summed E-state index contributed by atoms with van der Waals surface area (Å²) < 4.78 is 77.4. The molecule has 0 bridgehead atoms. The van der Waals surface area contributed by atoms with Gasteiger partial charge in [0.15, 0.2) is 11.4 Å². The van der Waals surface area contributed by atoms with Crippen LogP contribution in [0.3, 0.4) is 0 Å². The third-order valence-corrected chi connectivity index (χ3v) is 4.07. The van der Waals surface area contributed by atoms with E-state index in [4.69, 9.17) is 9.26 Å². The van der Waals surface area contributed by atoms with E-state index in [0.717, 1.165) is 12.1 Å². The minimum absolute atomic E-state index is 0.0129. The largest absolute Gasteiger partial charge is 0.467 e. The average molecular weight is 407 g/mol. The van der Waals surface area contributed by atoms with E-state index in [2.05, 4.69) is 15.1 Å². The molecule has 4 aromatic rings. The fourth-order valence-corrected chi connectivity index (χ4v) is 2.70. The number of halogens is 5. The topological polar surface area (TPSA) is 61.0 Å². The molecule has 148 valence electrons. The fourth-order valence-electron chi connectivity index (χ4n) is 2.70. The van der Waals surface area contributed by atoms with Gasteiger partial charge in [0.05, 0.1) is 10.9 Å². The van der Waals surface area contributed by atoms with E-state index in [-0.39, 0.29) is 34.6 Å². The third kappa shape index (κ3) is 3.73. The molecule has 5 nitrogen and oxygen atoms in total. The Bertz CT molecular complexity index is 1180. The maximum atomic E-state index is 14.4. The van der Waals surface area contributed by atoms with Crippen molar-refractivity contribution in [2.45, 2.75) is 12.8 Å². The standard InChI is InChI=1S/C19H10F5N3O2/c20-14-6-10(19(22,23)24)2-3-11(14)12-7-13-16(8-15(12)21)29-27-18(13)28-9-17-25-4-1-5-26-17/h1-8H,9H2. The molecule has 10 heteroatoms. The first-order valence-corrected chi connectivity index (χ1v) is 8.17. The molecule has 0 saturated carbocycles. The van der Waals surface area contributed by atoms with Crippen molar-refractivity contribution in [2.24, 2.45) is 0 Å². The lowest BCUT2D eigenvalue weighted by atomic mass is 10.0. The van der Waals surface area contributed by atoms with Gasteiger partial charge < -0.3 is 9.26 Å². The van der Waals surface area contributed by atoms with Crippen molar-refractivity contribution < 1.29 is 31.2 Å². The van der Waals surface area contributed by atoms with Crippen LogP contribution >= 0.6 is 0 Å². The Morgan fingerprint density at radius 2 is 1.66 bits per heavy atom. The summed E-state index contributed by atoms with van der Waals surface area (Å²) >= 11 is 0. The Morgan fingerprint density at radius 1 is 0.931 bits per heavy atom. The average Bonchev–Trinajstić information content (AvgIpc) is 3.07. The number of hydrogen-bond acceptors (Lipinski definition) is 5. The molecule has 0 aliphatic rings. The van der Waals surface area contributed by atoms with E-state index in [1.807, 2.05) is 0 Å². The summed E-state index contributed by atoms with van der Waals surface area (Å²) in [6.07, 6.45) is -1.67. The predicted octanol–water partition coefficient (Wildman–Crippen LogP) is 5.16. The summed E-state index contributed by atoms with van der Waals surface area (Å²) in [6, 6.07) is 5.65. The van der Waals surface area contributed by atoms with Crippen LogP contribution < -0.4 is 4.74 Å². The number of alkyl halides is 3. The molecule has 0 saturated heterocycles. The lowest BCUT2D eigenvalue weighted by Gasteiger charge is -2.10. The smallest absolute Gasteiger partial charge is 0.416 e. The van der Waals surface area contributed by atoms with E-state index in [1.165, 1.54) is 18.5 Å². The van der Waals surface area contributed by atoms with Crippen LogP contribution in [0.1, 0.15) is 11.4 Å². The molecule has 0 aliphatic heterocycles. The van der Waals surface area contributed by atoms with E-state index < -0.39 is 23.4 Å². The van der Waals surface area contributed by atoms with Crippen LogP contribution in [0, 0.1) is 11.6 Å². The van der Waals surface area contributed by atoms with E-state index in [9.17, 15) is 22.0 Å². The van der Waals surface area contributed by atoms with Crippen molar-refractivity contribution in [3.05, 3.63) is 71.8 Å². The quantitative estimate of drug-likeness (QED) is 0.438. The summed E-state index contributed by atoms with van der Waals surface area (Å²) in [4.78, 5) is 7.96. The molecule has 0 aliphatic carbocycles. The monoisotopic (exact) mass is 407 g/mol. The number of fused-ring (bicyclic) bond motifs is 1. The SMILES string of the molecule is Fc1cc(C(F)(F)F)ccc1-c1cc2c(OCc3ncccn3)noc2cc1F. The Kier molecular flexibility index (Phi) is 4.61. The summed E-state index contributed by atoms with van der Waals surface area (Å²) in [5, 5.41) is 3.91. The normalized spacial score (nSPS) is 11.8. The first-order valence-electron chi connectivity index (χ1n) is 8.17. The first kappa shape index (κ1) is 18.8. The van der Waals surface area contributed by atoms with Gasteiger partial charge in [-0.15, -0.1) is 0 Å². The highest BCUT2D eigenvalue weighted by Crippen LogP contribution is 2.36. The molecule has 2 aromatic carbocycles. The molecule has 2 heterocycles. The molecule has 0 amide bonds. The van der Waals surface area contributed by atoms with Crippen LogP contribution in [0.2, 0.25) is 0 Å². The van der Waals surface area contributed by atoms with Gasteiger partial charge in [-0.25, -0.2) is 18.7 Å². The Morgan fingerprint density at radius 3 is 2.34 bits per heavy atom. The molecule has 0 N–H and O–H groups in total. The minimum Gasteiger partial charge on any atom is -0.467 e. The molecule has 0 atom stereocenters. The number of benzene rings is 2. The second kappa shape index (κ2) is 7.12. The zero-order valence-electron chi connectivity index (χ0n) is 14.4. The third-order valence-electron chi connectivity index (χ3n) is 4.07. The van der Waals surface area contributed by atoms with Crippen molar-refractivity contribution >= 4 is 11.0 Å². The zero-order valence-corrected chi connectivity index (χ0v) is 14.4. The molecule has 0 unspecified atom stereocenters. The highest BCUT2D eigenvalue weighted by molar-refractivity contribution is 5.87. The fraction of sp³-hybridized carbons (Fsp3) is 0.105. The van der Waals surface area contributed by atoms with Crippen LogP contribution in [0.25, 0.3) is 22.1 Å². The van der Waals surface area contributed by atoms with Gasteiger partial charge in [-0.3, -0.25) is 0 Å². The van der Waals surface area contributed by atoms with Gasteiger partial charge in [-0.05, 0) is 29.4 Å². The summed E-state index contributed by atoms with van der Waals surface area (Å²) in [5.74, 6) is -1.75. The van der Waals surface area contributed by atoms with Gasteiger partial charge in [0.1, 0.15) is 18.2 Å². The van der Waals surface area contributed by atoms with Gasteiger partial charge in [0.2, 0.25) is 0 Å². The molecule has 0 spiro atoms. The van der Waals surface area contributed by atoms with Gasteiger partial charge in [-0.2, -0.15) is 13.2 Å². The van der Waals surface area contributed by atoms with Crippen LogP contribution in [0.15, 0.2) is 53.3 Å². The second-order valence-electron chi connectivity index (χ2n) is 5.96. The maximum absolute atomic E-state index is 14.4. The van der Waals surface area contributed by atoms with Crippen molar-refractivity contribution in [1.82, 2.24) is 15.1 Å². The summed E-state index contributed by atoms with van der Waals surface area (Å²) in [7, 11) is 0. The highest BCUT2D eigenvalue weighted by atomic mass is 19.4. The number of ether oxygens (including phenoxy) is 1. The molecule has 4 rings (SSSR count). The van der Waals surface area contributed by atoms with Gasteiger partial charge in [0.25, 0.3) is 5.88 Å². The van der Waals surface area contributed by atoms with Crippen LogP contribution in [0.5, 0.6) is 5.88 Å². The Hall–Kier alpha value is -3.56. The van der Waals surface area contributed by atoms with Crippen molar-refractivity contribution in [2.75, 3.05) is 0 Å². The Labute approximate surface area is 159 Å². The number of rotatable bonds is 4. The van der Waals surface area contributed by atoms with Crippen LogP contribution in [-0.2, 0) is 12.8 Å². The molecule has 0 radical (unpaired) electrons. The zero-order chi connectivity index (χ0) is 20.6. The van der Waals surface area contributed by atoms with E-state index >= 15 is 0 Å². The molecule has 0 fully saturated rings. The van der Waals surface area contributed by atoms with E-state index in [0.29, 0.717) is 18.0 Å². The summed E-state index contributed by atoms with van der Waals surface area (Å²) in [6.45, 7) is -0.0518. The lowest BCUT2D eigenvalue weighted by molar-refractivity contribution is -0.137. The predicted molar refractivity (Wildman–Crippen MR) is 90.7 cm³/mol. The van der Waals surface area contributed by atoms with Crippen molar-refractivity contribution in [3.8, 4) is 17.0 Å². The van der Waals surface area contributed by atoms with Gasteiger partial charge in [-0.1, -0.05) is 6.07 Å². The number of hydrogen-bond donors (Lipinski definition) is 0. The first-order chi connectivity index (χ1) is 13.8. The number of nitrogens with zero attached hydrogens (tertiary/aromatic N) is 3. The van der Waals surface area contributed by atoms with Crippen LogP contribution in [-0.4, -0.2) is 15.1 Å². The van der Waals surface area contributed by atoms with Gasteiger partial charge in [0, 0.05) is 29.6 Å². The lowest BCUT2D eigenvalue weighted by Crippen LogP contribution is -2.05. The second-order valence-corrected chi connectivity index (χ2v) is 5.96. The van der Waals surface area contributed by atoms with E-state index in [1.54, 1.807) is 6.07 Å². The number of aromatic nitrogens is 3. The van der Waals surface area contributed by atoms with Crippen LogP contribution in [0.4, 0.5) is 22.0 Å². The molecule has 2 aromatic heterocycles. The van der Waals surface area contributed by atoms with Crippen molar-refractivity contribution in [3.63, 3.8) is 0 Å². The van der Waals surface area contributed by atoms with Crippen molar-refractivity contribution in [1.29, 1.82) is 0 Å². The molecular weight excluding hydrogens is 397 g/mol. The molecule has 29 heavy (non-hydrogen) atoms. The maximum Gasteiger partial charge on any atom is 0.416 e.